The van der Waals surface area contributed by atoms with Gasteiger partial charge in [-0.2, -0.15) is 10.7 Å². The van der Waals surface area contributed by atoms with Gasteiger partial charge in [0.05, 0.1) is 78.7 Å². The molecule has 2 fully saturated rings. The number of hydrogen-bond donors (Lipinski definition) is 18. The average Bonchev–Trinajstić information content (AvgIpc) is 1.52. The first-order chi connectivity index (χ1) is 63.8. The number of nitrogens with two attached hydrogens (primary N) is 7. The summed E-state index contributed by atoms with van der Waals surface area (Å²) in [6, 6.07) is 7.52. The van der Waals surface area contributed by atoms with Gasteiger partial charge in [-0.1, -0.05) is 40.7 Å². The van der Waals surface area contributed by atoms with Crippen LogP contribution in [-0.4, -0.2) is 202 Å². The minimum atomic E-state index is -5.32. The number of aryl methyl sites for hydroxylation is 3. The molecule has 0 radical (unpaired) electrons. The molecule has 12 rings (SSSR count). The van der Waals surface area contributed by atoms with Gasteiger partial charge in [-0.15, -0.1) is 12.4 Å². The number of nitrogens with zero attached hydrogens (tertiary/aromatic N) is 11. The quantitative estimate of drug-likeness (QED) is 0.0194. The van der Waals surface area contributed by atoms with Gasteiger partial charge < -0.3 is 132 Å². The second-order valence-electron chi connectivity index (χ2n) is 36.2. The third-order valence-electron chi connectivity index (χ3n) is 26.6. The third-order valence-corrected chi connectivity index (χ3v) is 27.7. The van der Waals surface area contributed by atoms with E-state index in [0.717, 1.165) is 11.1 Å². The number of phosphoric acid groups is 1. The largest absolute Gasteiger partial charge is 3.00 e. The smallest absolute Gasteiger partial charge is 0.756 e. The third kappa shape index (κ3) is 25.0. The first-order valence-electron chi connectivity index (χ1n) is 43.6. The monoisotopic (exact) mass is 2000 g/mol. The molecule has 48 heteroatoms. The van der Waals surface area contributed by atoms with E-state index >= 15 is 0 Å². The van der Waals surface area contributed by atoms with Gasteiger partial charge in [0.1, 0.15) is 30.1 Å². The van der Waals surface area contributed by atoms with Crippen molar-refractivity contribution in [3.05, 3.63) is 151 Å². The first kappa shape index (κ1) is 113. The van der Waals surface area contributed by atoms with E-state index < -0.39 is 173 Å². The van der Waals surface area contributed by atoms with Crippen molar-refractivity contribution in [3.63, 3.8) is 0 Å². The van der Waals surface area contributed by atoms with Gasteiger partial charge in [0.25, 0.3) is 19.3 Å². The molecule has 2 saturated heterocycles. The van der Waals surface area contributed by atoms with Crippen LogP contribution in [0.1, 0.15) is 196 Å². The number of aromatic hydroxyl groups is 1. The molecule has 6 aliphatic heterocycles. The summed E-state index contributed by atoms with van der Waals surface area (Å²) in [5.74, 6) is -10.6. The number of rotatable bonds is 37. The van der Waals surface area contributed by atoms with Crippen LogP contribution in [0.4, 0.5) is 11.6 Å². The van der Waals surface area contributed by atoms with Crippen LogP contribution in [-0.2, 0) is 98.0 Å². The number of nitrogens with one attached hydrogen (secondary N) is 4. The maximum Gasteiger partial charge on any atom is 3.00 e. The van der Waals surface area contributed by atoms with Crippen LogP contribution in [0.5, 0.6) is 5.75 Å². The average molecular weight is 2000 g/mol. The topological polar surface area (TPSA) is 776 Å². The molecule has 4 aromatic heterocycles. The maximum absolute atomic E-state index is 14.4. The van der Waals surface area contributed by atoms with Crippen molar-refractivity contribution >= 4 is 130 Å². The summed E-state index contributed by atoms with van der Waals surface area (Å²) in [5.41, 5.74) is 44.4. The molecule has 6 aliphatic rings. The number of primary amides is 6. The zero-order valence-corrected chi connectivity index (χ0v) is 80.9. The number of carboxylic acid groups (broad SMARTS) is 2. The molecule has 138 heavy (non-hydrogen) atoms. The van der Waals surface area contributed by atoms with Crippen LogP contribution in [0.25, 0.3) is 27.5 Å². The Bertz CT molecular complexity index is 5990. The summed E-state index contributed by atoms with van der Waals surface area (Å²) in [7, 11) is -5.32. The van der Waals surface area contributed by atoms with E-state index in [0.29, 0.717) is 84.6 Å². The molecule has 10 heterocycles. The number of carbonyl (C=O) groups excluding carboxylic acids is 8. The molecule has 6 aromatic rings. The Kier molecular flexibility index (Phi) is 37.8. The molecular weight excluding hydrogens is 1880 g/mol. The van der Waals surface area contributed by atoms with Crippen LogP contribution in [0, 0.1) is 77.9 Å². The van der Waals surface area contributed by atoms with Crippen LogP contribution in [0.2, 0.25) is 0 Å². The number of halogens is 1. The van der Waals surface area contributed by atoms with E-state index in [1.54, 1.807) is 26.0 Å². The Morgan fingerprint density at radius 3 is 1.96 bits per heavy atom. The number of hydrogen-bond acceptors (Lipinski definition) is 32. The molecule has 45 nitrogen and oxygen atoms in total. The Morgan fingerprint density at radius 1 is 0.761 bits per heavy atom. The van der Waals surface area contributed by atoms with E-state index in [9.17, 15) is 77.5 Å². The van der Waals surface area contributed by atoms with E-state index in [-0.39, 0.29) is 167 Å². The van der Waals surface area contributed by atoms with Gasteiger partial charge in [0.2, 0.25) is 47.3 Å². The number of carboxylic acids is 2. The Labute approximate surface area is 810 Å². The Morgan fingerprint density at radius 2 is 1.38 bits per heavy atom. The van der Waals surface area contributed by atoms with Crippen molar-refractivity contribution in [1.82, 2.24) is 45.1 Å². The Balaban J connectivity index is 0.000000440. The molecule has 748 valence electrons. The number of H-pyrrole nitrogens is 1. The predicted octanol–water partition coefficient (Wildman–Crippen LogP) is 3.87. The molecule has 2 aromatic carbocycles. The minimum absolute atomic E-state index is 0. The fourth-order valence-electron chi connectivity index (χ4n) is 19.1. The SMILES string of the molecule is C/C1=C2/[N-][C@H]([C@H](CC(N)=O)[C@@]2(C)CCC(=O)NC[C@H](C)OP(=O)([O-])O[C@H]2[C@@H](O)[C@@H](n3cnc4cc(C)c(C)cc43)O[C@@H]2CO)[C@]2(C)N=C(/C(C)=C3N=C(/C=C4N=C1[C@@H](CCC(N)=O)C\4(C)C)[C@@H](CCC(N)=O)[C@]\3(C)CC(N)=O)[C@@H](CCC(N)=O)[C@]2(C)CC(N)=O.Cc1ncc(CO)c(CO)c1O.Cl.Nc1nc2ncc(CNc3ccc(C(=O)N[C@@H](CCC(=O)O)C(=O)O)cc3)nc2c(=O)[nH]1.[C-]#N.[Co+3]. The minimum Gasteiger partial charge on any atom is -0.756 e. The van der Waals surface area contributed by atoms with Gasteiger partial charge in [-0.3, -0.25) is 77.5 Å². The van der Waals surface area contributed by atoms with Crippen LogP contribution in [0.15, 0.2) is 109 Å². The van der Waals surface area contributed by atoms with Gasteiger partial charge in [0.15, 0.2) is 17.4 Å². The molecule has 16 atom stereocenters. The summed E-state index contributed by atoms with van der Waals surface area (Å²) in [4.78, 5) is 192. The van der Waals surface area contributed by atoms with E-state index in [2.05, 4.69) is 45.9 Å². The Hall–Kier alpha value is -12.4. The van der Waals surface area contributed by atoms with Crippen LogP contribution < -0.4 is 66.5 Å². The number of aliphatic hydroxyl groups excluding tert-OH is 4. The number of pyridine rings is 1. The molecule has 8 amide bonds. The van der Waals surface area contributed by atoms with Gasteiger partial charge in [-0.25, -0.2) is 19.7 Å². The number of aliphatic hydroxyl groups is 4. The molecule has 0 aliphatic carbocycles. The van der Waals surface area contributed by atoms with Crippen LogP contribution in [0.3, 0.4) is 0 Å². The predicted molar refractivity (Wildman–Crippen MR) is 498 cm³/mol. The molecule has 0 spiro atoms. The standard InChI is InChI=1S/C62H90N13O14P.C19H19N7O6.C8H11NO3.CN.ClH.Co/c1-29-20-39-40(21-30(29)2)75(28-70-39)57-52(84)53(41(27-76)87-57)89-90(85,86)88-31(3)26-69-49(83)18-19-59(8)37(22-46(66)80)56-62(11)61(10,25-48(68)82)36(14-17-45(65)79)51(74-62)33(5)55-60(9,24-47(67)81)34(12-15-43(63)77)38(71-55)23-42-58(6,7)35(13-16-44(64)78)50(72-42)32(4)54(59)73-56;20-19-25-15-14(17(30)26-19)23-11(8-22-15)7-21-10-3-1-9(2-4-10)16(29)24-12(18(31)32)5-6-13(27)28;1-5-8(12)7(4-11)6(3-10)2-9-5;1-2;;/h20-21,23,28,31,34-37,41,52-53,56-57,76,84H,12-19,22,24-27H2,1-11H3,(H15,63,64,65,66,67,68,69,71,72,73,74,77,78,79,80,81,82,83,85,86);1-4,8,12,21H,5-7H2,(H,24,29)(H,27,28)(H,31,32)(H3,20,22,25,26,30);2,10-12H,3-4H2,1H3;;1H;/q;;;-1;;+3/p-2/t31-,34+,35+,36+,37-,41+,52+,53+,56+,57-,59+,60-,61-,62-;12-;;;;/m00..../s1. The van der Waals surface area contributed by atoms with Crippen molar-refractivity contribution < 1.29 is 124 Å². The first-order valence-corrected chi connectivity index (χ1v) is 45.1. The second kappa shape index (κ2) is 46.4. The van der Waals surface area contributed by atoms with Crippen molar-refractivity contribution in [3.8, 4) is 5.75 Å². The van der Waals surface area contributed by atoms with Crippen LogP contribution >= 0.6 is 20.2 Å². The zero-order valence-electron chi connectivity index (χ0n) is 78.2. The molecule has 25 N–H and O–H groups in total. The fourth-order valence-corrected chi connectivity index (χ4v) is 20.2. The number of aromatic amines is 1. The second-order valence-corrected chi connectivity index (χ2v) is 37.5. The number of imidazole rings is 1. The number of allylic oxidation sites excluding steroid dienone is 6. The van der Waals surface area contributed by atoms with Gasteiger partial charge in [0, 0.05) is 143 Å². The number of aromatic nitrogens is 7. The zero-order chi connectivity index (χ0) is 101. The number of benzene rings is 2. The summed E-state index contributed by atoms with van der Waals surface area (Å²) in [6.45, 7) is 25.1. The van der Waals surface area contributed by atoms with Crippen molar-refractivity contribution in [2.45, 2.75) is 235 Å². The molecular formula is C90H119ClCoN22O23P. The van der Waals surface area contributed by atoms with Crippen molar-refractivity contribution in [2.24, 2.45) is 94.7 Å². The van der Waals surface area contributed by atoms with Gasteiger partial charge >= 0.3 is 28.7 Å². The molecule has 8 bridgehead atoms. The van der Waals surface area contributed by atoms with Gasteiger partial charge in [-0.05, 0) is 157 Å². The number of aliphatic imine (C=N–C) groups is 3. The van der Waals surface area contributed by atoms with E-state index in [1.807, 2.05) is 80.5 Å². The summed E-state index contributed by atoms with van der Waals surface area (Å²) in [6.07, 6.45) is -2.50. The fraction of sp³-hybridized carbons (Fsp3) is 0.511. The number of anilines is 2. The normalized spacial score (nSPS) is 25.9. The number of nitrogen functional groups attached to an aromatic ring is 1. The van der Waals surface area contributed by atoms with Crippen molar-refractivity contribution in [1.29, 1.82) is 5.26 Å². The summed E-state index contributed by atoms with van der Waals surface area (Å²) >= 11 is 0. The van der Waals surface area contributed by atoms with E-state index in [4.69, 9.17) is 106 Å². The molecule has 1 unspecified atom stereocenters. The summed E-state index contributed by atoms with van der Waals surface area (Å²) < 4.78 is 31.9. The number of carbonyl (C=O) groups is 10. The molecule has 0 saturated carbocycles. The van der Waals surface area contributed by atoms with Crippen molar-refractivity contribution in [2.75, 3.05) is 24.2 Å². The number of amides is 8. The summed E-state index contributed by atoms with van der Waals surface area (Å²) in [5, 5.41) is 86.6. The number of ether oxygens (including phenoxy) is 1. The number of aliphatic carboxylic acids is 2. The number of fused-ring (bicyclic) bond motifs is 8. The van der Waals surface area contributed by atoms with E-state index in [1.165, 1.54) is 42.3 Å². The number of phosphoric ester groups is 1. The maximum atomic E-state index is 14.4.